The van der Waals surface area contributed by atoms with E-state index in [9.17, 15) is 0 Å². The third-order valence-electron chi connectivity index (χ3n) is 5.55. The van der Waals surface area contributed by atoms with Crippen LogP contribution in [0.4, 0.5) is 0 Å². The second-order valence-corrected chi connectivity index (χ2v) is 7.05. The molecule has 0 aromatic heterocycles. The quantitative estimate of drug-likeness (QED) is 0.747. The summed E-state index contributed by atoms with van der Waals surface area (Å²) in [5.74, 6) is 2.83. The average Bonchev–Trinajstić information content (AvgIpc) is 2.52. The predicted octanol–water partition coefficient (Wildman–Crippen LogP) is 4.39. The molecule has 20 heavy (non-hydrogen) atoms. The van der Waals surface area contributed by atoms with Crippen molar-refractivity contribution in [2.75, 3.05) is 19.8 Å². The van der Waals surface area contributed by atoms with E-state index >= 15 is 0 Å². The molecule has 2 fully saturated rings. The summed E-state index contributed by atoms with van der Waals surface area (Å²) >= 11 is 0. The summed E-state index contributed by atoms with van der Waals surface area (Å²) in [4.78, 5) is 0. The molecule has 3 unspecified atom stereocenters. The summed E-state index contributed by atoms with van der Waals surface area (Å²) in [6.45, 7) is 7.84. The second-order valence-electron chi connectivity index (χ2n) is 7.05. The maximum atomic E-state index is 5.52. The molecule has 3 atom stereocenters. The lowest BCUT2D eigenvalue weighted by Gasteiger charge is -2.37. The lowest BCUT2D eigenvalue weighted by Crippen LogP contribution is -2.41. The van der Waals surface area contributed by atoms with Crippen molar-refractivity contribution in [3.63, 3.8) is 0 Å². The standard InChI is InChI=1S/C18H35NO/c1-3-10-19-18(14-16-8-11-20-12-9-16)17-7-5-6-15(4-2)13-17/h15-19H,3-14H2,1-2H3. The molecule has 0 amide bonds. The van der Waals surface area contributed by atoms with Crippen molar-refractivity contribution < 1.29 is 4.74 Å². The number of hydrogen-bond donors (Lipinski definition) is 1. The summed E-state index contributed by atoms with van der Waals surface area (Å²) in [6, 6.07) is 0.771. The molecule has 2 heteroatoms. The van der Waals surface area contributed by atoms with Gasteiger partial charge in [-0.2, -0.15) is 0 Å². The monoisotopic (exact) mass is 281 g/mol. The van der Waals surface area contributed by atoms with E-state index in [4.69, 9.17) is 4.74 Å². The molecule has 0 aromatic rings. The summed E-state index contributed by atoms with van der Waals surface area (Å²) < 4.78 is 5.52. The first-order valence-electron chi connectivity index (χ1n) is 9.14. The number of hydrogen-bond acceptors (Lipinski definition) is 2. The molecule has 1 saturated heterocycles. The first-order chi connectivity index (χ1) is 9.83. The van der Waals surface area contributed by atoms with Gasteiger partial charge in [0.25, 0.3) is 0 Å². The Bertz CT molecular complexity index is 250. The zero-order valence-corrected chi connectivity index (χ0v) is 13.7. The molecular weight excluding hydrogens is 246 g/mol. The molecule has 2 rings (SSSR count). The molecular formula is C18H35NO. The summed E-state index contributed by atoms with van der Waals surface area (Å²) in [7, 11) is 0. The average molecular weight is 281 g/mol. The topological polar surface area (TPSA) is 21.3 Å². The van der Waals surface area contributed by atoms with Crippen molar-refractivity contribution in [3.8, 4) is 0 Å². The highest BCUT2D eigenvalue weighted by Crippen LogP contribution is 2.35. The van der Waals surface area contributed by atoms with E-state index in [2.05, 4.69) is 19.2 Å². The number of ether oxygens (including phenoxy) is 1. The Hall–Kier alpha value is -0.0800. The second kappa shape index (κ2) is 9.04. The molecule has 1 saturated carbocycles. The smallest absolute Gasteiger partial charge is 0.0468 e. The molecule has 2 nitrogen and oxygen atoms in total. The SMILES string of the molecule is CCCNC(CC1CCOCC1)C1CCCC(CC)C1. The minimum Gasteiger partial charge on any atom is -0.381 e. The van der Waals surface area contributed by atoms with Gasteiger partial charge in [-0.25, -0.2) is 0 Å². The fraction of sp³-hybridized carbons (Fsp3) is 1.00. The van der Waals surface area contributed by atoms with Crippen LogP contribution in [0.15, 0.2) is 0 Å². The molecule has 1 aliphatic carbocycles. The van der Waals surface area contributed by atoms with Gasteiger partial charge >= 0.3 is 0 Å². The molecule has 2 aliphatic rings. The van der Waals surface area contributed by atoms with E-state index in [0.717, 1.165) is 37.0 Å². The molecule has 0 bridgehead atoms. The van der Waals surface area contributed by atoms with Crippen molar-refractivity contribution >= 4 is 0 Å². The van der Waals surface area contributed by atoms with Gasteiger partial charge < -0.3 is 10.1 Å². The Morgan fingerprint density at radius 2 is 1.85 bits per heavy atom. The van der Waals surface area contributed by atoms with Gasteiger partial charge in [-0.15, -0.1) is 0 Å². The van der Waals surface area contributed by atoms with Gasteiger partial charge in [0.05, 0.1) is 0 Å². The zero-order valence-electron chi connectivity index (χ0n) is 13.7. The number of nitrogens with one attached hydrogen (secondary N) is 1. The van der Waals surface area contributed by atoms with Crippen molar-refractivity contribution in [2.24, 2.45) is 17.8 Å². The highest BCUT2D eigenvalue weighted by molar-refractivity contribution is 4.84. The van der Waals surface area contributed by atoms with Crippen LogP contribution < -0.4 is 5.32 Å². The van der Waals surface area contributed by atoms with Crippen LogP contribution >= 0.6 is 0 Å². The highest BCUT2D eigenvalue weighted by Gasteiger charge is 2.29. The Morgan fingerprint density at radius 3 is 2.55 bits per heavy atom. The molecule has 1 aliphatic heterocycles. The van der Waals surface area contributed by atoms with Crippen LogP contribution in [0.25, 0.3) is 0 Å². The van der Waals surface area contributed by atoms with Crippen LogP contribution in [0.2, 0.25) is 0 Å². The normalized spacial score (nSPS) is 30.3. The first kappa shape index (κ1) is 16.3. The van der Waals surface area contributed by atoms with E-state index in [0.29, 0.717) is 0 Å². The Kier molecular flexibility index (Phi) is 7.37. The van der Waals surface area contributed by atoms with Gasteiger partial charge in [0.15, 0.2) is 0 Å². The summed E-state index contributed by atoms with van der Waals surface area (Å²) in [5, 5.41) is 3.89. The number of rotatable bonds is 7. The maximum absolute atomic E-state index is 5.52. The Balaban J connectivity index is 1.87. The van der Waals surface area contributed by atoms with Crippen LogP contribution in [0.1, 0.15) is 71.6 Å². The summed E-state index contributed by atoms with van der Waals surface area (Å²) in [5.41, 5.74) is 0. The van der Waals surface area contributed by atoms with E-state index in [1.165, 1.54) is 64.3 Å². The largest absolute Gasteiger partial charge is 0.381 e. The molecule has 1 heterocycles. The highest BCUT2D eigenvalue weighted by atomic mass is 16.5. The predicted molar refractivity (Wildman–Crippen MR) is 86.0 cm³/mol. The van der Waals surface area contributed by atoms with Crippen LogP contribution in [-0.2, 0) is 4.74 Å². The Labute approximate surface area is 126 Å². The van der Waals surface area contributed by atoms with E-state index in [-0.39, 0.29) is 0 Å². The Morgan fingerprint density at radius 1 is 1.05 bits per heavy atom. The molecule has 0 radical (unpaired) electrons. The fourth-order valence-corrected chi connectivity index (χ4v) is 4.18. The van der Waals surface area contributed by atoms with Gasteiger partial charge in [-0.1, -0.05) is 33.1 Å². The van der Waals surface area contributed by atoms with E-state index < -0.39 is 0 Å². The third-order valence-corrected chi connectivity index (χ3v) is 5.55. The van der Waals surface area contributed by atoms with Gasteiger partial charge in [0.2, 0.25) is 0 Å². The van der Waals surface area contributed by atoms with Crippen molar-refractivity contribution in [2.45, 2.75) is 77.7 Å². The first-order valence-corrected chi connectivity index (χ1v) is 9.14. The van der Waals surface area contributed by atoms with Crippen LogP contribution in [0, 0.1) is 17.8 Å². The maximum Gasteiger partial charge on any atom is 0.0468 e. The molecule has 0 aromatic carbocycles. The van der Waals surface area contributed by atoms with Crippen LogP contribution in [0.3, 0.4) is 0 Å². The minimum atomic E-state index is 0.771. The van der Waals surface area contributed by atoms with E-state index in [1.807, 2.05) is 0 Å². The summed E-state index contributed by atoms with van der Waals surface area (Å²) in [6.07, 6.45) is 12.5. The van der Waals surface area contributed by atoms with Gasteiger partial charge in [-0.05, 0) is 62.8 Å². The minimum absolute atomic E-state index is 0.771. The van der Waals surface area contributed by atoms with E-state index in [1.54, 1.807) is 0 Å². The fourth-order valence-electron chi connectivity index (χ4n) is 4.18. The van der Waals surface area contributed by atoms with Gasteiger partial charge in [0.1, 0.15) is 0 Å². The molecule has 0 spiro atoms. The lowest BCUT2D eigenvalue weighted by atomic mass is 9.74. The van der Waals surface area contributed by atoms with Gasteiger partial charge in [0, 0.05) is 19.3 Å². The van der Waals surface area contributed by atoms with Crippen molar-refractivity contribution in [3.05, 3.63) is 0 Å². The molecule has 118 valence electrons. The lowest BCUT2D eigenvalue weighted by molar-refractivity contribution is 0.0552. The van der Waals surface area contributed by atoms with Crippen molar-refractivity contribution in [1.82, 2.24) is 5.32 Å². The third kappa shape index (κ3) is 5.04. The van der Waals surface area contributed by atoms with Gasteiger partial charge in [-0.3, -0.25) is 0 Å². The molecule has 1 N–H and O–H groups in total. The van der Waals surface area contributed by atoms with Crippen LogP contribution in [0.5, 0.6) is 0 Å². The van der Waals surface area contributed by atoms with Crippen LogP contribution in [-0.4, -0.2) is 25.8 Å². The van der Waals surface area contributed by atoms with Crippen molar-refractivity contribution in [1.29, 1.82) is 0 Å². The zero-order chi connectivity index (χ0) is 14.2.